The van der Waals surface area contributed by atoms with E-state index in [2.05, 4.69) is 20.4 Å². The molecule has 2 aromatic rings. The normalized spacial score (nSPS) is 10.4. The average molecular weight is 217 g/mol. The Balaban J connectivity index is 2.40. The van der Waals surface area contributed by atoms with Crippen molar-refractivity contribution in [2.75, 3.05) is 11.9 Å². The Bertz CT molecular complexity index is 489. The maximum Gasteiger partial charge on any atom is 0.174 e. The van der Waals surface area contributed by atoms with Crippen molar-refractivity contribution in [2.24, 2.45) is 0 Å². The Kier molecular flexibility index (Phi) is 2.85. The molecule has 16 heavy (non-hydrogen) atoms. The maximum atomic E-state index is 4.43. The fourth-order valence-corrected chi connectivity index (χ4v) is 1.58. The van der Waals surface area contributed by atoms with E-state index in [9.17, 15) is 0 Å². The smallest absolute Gasteiger partial charge is 0.174 e. The van der Waals surface area contributed by atoms with Gasteiger partial charge in [-0.25, -0.2) is 9.67 Å². The second-order valence-electron chi connectivity index (χ2n) is 3.63. The number of anilines is 1. The SMILES string of the molecule is CCNc1cncc(-n2nc(C)cc2C)n1. The number of nitrogens with zero attached hydrogens (tertiary/aromatic N) is 4. The number of hydrogen-bond acceptors (Lipinski definition) is 4. The summed E-state index contributed by atoms with van der Waals surface area (Å²) < 4.78 is 1.79. The Labute approximate surface area is 94.5 Å². The van der Waals surface area contributed by atoms with Gasteiger partial charge < -0.3 is 5.32 Å². The molecule has 0 atom stereocenters. The second-order valence-corrected chi connectivity index (χ2v) is 3.63. The molecule has 0 unspecified atom stereocenters. The molecule has 2 rings (SSSR count). The van der Waals surface area contributed by atoms with E-state index in [0.717, 1.165) is 29.6 Å². The zero-order chi connectivity index (χ0) is 11.5. The molecule has 2 aromatic heterocycles. The number of rotatable bonds is 3. The molecule has 0 bridgehead atoms. The predicted octanol–water partition coefficient (Wildman–Crippen LogP) is 1.71. The highest BCUT2D eigenvalue weighted by Crippen LogP contribution is 2.10. The van der Waals surface area contributed by atoms with Gasteiger partial charge in [0.2, 0.25) is 0 Å². The van der Waals surface area contributed by atoms with Gasteiger partial charge in [-0.2, -0.15) is 5.10 Å². The number of aryl methyl sites for hydroxylation is 2. The molecule has 5 heteroatoms. The average Bonchev–Trinajstić information content (AvgIpc) is 2.59. The minimum absolute atomic E-state index is 0.740. The van der Waals surface area contributed by atoms with Crippen LogP contribution in [0.2, 0.25) is 0 Å². The van der Waals surface area contributed by atoms with Crippen LogP contribution in [-0.2, 0) is 0 Å². The van der Waals surface area contributed by atoms with E-state index < -0.39 is 0 Å². The molecular weight excluding hydrogens is 202 g/mol. The van der Waals surface area contributed by atoms with E-state index in [4.69, 9.17) is 0 Å². The largest absolute Gasteiger partial charge is 0.369 e. The summed E-state index contributed by atoms with van der Waals surface area (Å²) in [5.41, 5.74) is 2.04. The van der Waals surface area contributed by atoms with Gasteiger partial charge in [0.25, 0.3) is 0 Å². The number of hydrogen-bond donors (Lipinski definition) is 1. The zero-order valence-corrected chi connectivity index (χ0v) is 9.73. The van der Waals surface area contributed by atoms with E-state index in [-0.39, 0.29) is 0 Å². The summed E-state index contributed by atoms with van der Waals surface area (Å²) in [6.45, 7) is 6.82. The van der Waals surface area contributed by atoms with Gasteiger partial charge in [0.1, 0.15) is 5.82 Å². The van der Waals surface area contributed by atoms with Crippen LogP contribution in [0, 0.1) is 13.8 Å². The van der Waals surface area contributed by atoms with Crippen molar-refractivity contribution in [3.63, 3.8) is 0 Å². The highest BCUT2D eigenvalue weighted by Gasteiger charge is 2.05. The molecule has 0 aliphatic rings. The lowest BCUT2D eigenvalue weighted by molar-refractivity contribution is 0.799. The van der Waals surface area contributed by atoms with E-state index >= 15 is 0 Å². The van der Waals surface area contributed by atoms with Gasteiger partial charge in [-0.3, -0.25) is 4.98 Å². The molecule has 0 radical (unpaired) electrons. The van der Waals surface area contributed by atoms with E-state index in [1.165, 1.54) is 0 Å². The molecule has 0 aliphatic heterocycles. The highest BCUT2D eigenvalue weighted by atomic mass is 15.3. The Morgan fingerprint density at radius 3 is 2.75 bits per heavy atom. The summed E-state index contributed by atoms with van der Waals surface area (Å²) in [6.07, 6.45) is 3.42. The molecule has 84 valence electrons. The van der Waals surface area contributed by atoms with Crippen molar-refractivity contribution in [1.82, 2.24) is 19.7 Å². The monoisotopic (exact) mass is 217 g/mol. The van der Waals surface area contributed by atoms with Crippen LogP contribution in [0.5, 0.6) is 0 Å². The molecule has 0 spiro atoms. The molecule has 0 saturated carbocycles. The highest BCUT2D eigenvalue weighted by molar-refractivity contribution is 5.36. The van der Waals surface area contributed by atoms with Gasteiger partial charge in [-0.1, -0.05) is 0 Å². The summed E-state index contributed by atoms with van der Waals surface area (Å²) in [5, 5.41) is 7.50. The summed E-state index contributed by atoms with van der Waals surface area (Å²) >= 11 is 0. The van der Waals surface area contributed by atoms with Crippen molar-refractivity contribution < 1.29 is 0 Å². The van der Waals surface area contributed by atoms with Crippen LogP contribution in [0.15, 0.2) is 18.5 Å². The lowest BCUT2D eigenvalue weighted by Crippen LogP contribution is -2.06. The van der Waals surface area contributed by atoms with Gasteiger partial charge in [-0.05, 0) is 26.8 Å². The first-order chi connectivity index (χ1) is 7.70. The van der Waals surface area contributed by atoms with Crippen LogP contribution in [-0.4, -0.2) is 26.3 Å². The first-order valence-corrected chi connectivity index (χ1v) is 5.30. The fourth-order valence-electron chi connectivity index (χ4n) is 1.58. The van der Waals surface area contributed by atoms with E-state index in [1.54, 1.807) is 17.1 Å². The lowest BCUT2D eigenvalue weighted by Gasteiger charge is -2.05. The van der Waals surface area contributed by atoms with Crippen LogP contribution in [0.1, 0.15) is 18.3 Å². The fraction of sp³-hybridized carbons (Fsp3) is 0.364. The predicted molar refractivity (Wildman–Crippen MR) is 62.8 cm³/mol. The van der Waals surface area contributed by atoms with Crippen molar-refractivity contribution >= 4 is 5.82 Å². The molecule has 0 fully saturated rings. The molecule has 0 aromatic carbocycles. The summed E-state index contributed by atoms with van der Waals surface area (Å²) in [5.74, 6) is 1.51. The first-order valence-electron chi connectivity index (χ1n) is 5.30. The maximum absolute atomic E-state index is 4.43. The summed E-state index contributed by atoms with van der Waals surface area (Å²) in [7, 11) is 0. The van der Waals surface area contributed by atoms with Gasteiger partial charge in [0.05, 0.1) is 18.1 Å². The molecule has 0 amide bonds. The minimum atomic E-state index is 0.740. The third kappa shape index (κ3) is 2.03. The summed E-state index contributed by atoms with van der Waals surface area (Å²) in [4.78, 5) is 8.58. The quantitative estimate of drug-likeness (QED) is 0.850. The van der Waals surface area contributed by atoms with E-state index in [0.29, 0.717) is 0 Å². The molecule has 0 aliphatic carbocycles. The number of aromatic nitrogens is 4. The van der Waals surface area contributed by atoms with Crippen LogP contribution >= 0.6 is 0 Å². The van der Waals surface area contributed by atoms with E-state index in [1.807, 2.05) is 26.8 Å². The van der Waals surface area contributed by atoms with Gasteiger partial charge in [0.15, 0.2) is 5.82 Å². The zero-order valence-electron chi connectivity index (χ0n) is 9.73. The van der Waals surface area contributed by atoms with Crippen molar-refractivity contribution in [3.8, 4) is 5.82 Å². The molecule has 5 nitrogen and oxygen atoms in total. The minimum Gasteiger partial charge on any atom is -0.369 e. The van der Waals surface area contributed by atoms with Crippen LogP contribution in [0.25, 0.3) is 5.82 Å². The first kappa shape index (κ1) is 10.6. The van der Waals surface area contributed by atoms with Crippen LogP contribution in [0.3, 0.4) is 0 Å². The Hall–Kier alpha value is -1.91. The summed E-state index contributed by atoms with van der Waals surface area (Å²) in [6, 6.07) is 2.02. The third-order valence-corrected chi connectivity index (χ3v) is 2.21. The lowest BCUT2D eigenvalue weighted by atomic mass is 10.4. The Morgan fingerprint density at radius 2 is 2.12 bits per heavy atom. The van der Waals surface area contributed by atoms with Gasteiger partial charge in [0, 0.05) is 12.2 Å². The molecule has 2 heterocycles. The third-order valence-electron chi connectivity index (χ3n) is 2.21. The number of nitrogens with one attached hydrogen (secondary N) is 1. The molecule has 0 saturated heterocycles. The van der Waals surface area contributed by atoms with Crippen molar-refractivity contribution in [1.29, 1.82) is 0 Å². The Morgan fingerprint density at radius 1 is 1.31 bits per heavy atom. The molecular formula is C11H15N5. The van der Waals surface area contributed by atoms with Gasteiger partial charge in [-0.15, -0.1) is 0 Å². The van der Waals surface area contributed by atoms with Crippen LogP contribution in [0.4, 0.5) is 5.82 Å². The second kappa shape index (κ2) is 4.30. The van der Waals surface area contributed by atoms with Crippen LogP contribution < -0.4 is 5.32 Å². The van der Waals surface area contributed by atoms with Crippen molar-refractivity contribution in [2.45, 2.75) is 20.8 Å². The topological polar surface area (TPSA) is 55.6 Å². The van der Waals surface area contributed by atoms with Gasteiger partial charge >= 0.3 is 0 Å². The molecule has 1 N–H and O–H groups in total. The standard InChI is InChI=1S/C11H15N5/c1-4-13-10-6-12-7-11(14-10)16-9(3)5-8(2)15-16/h5-7H,4H2,1-3H3,(H,13,14). The van der Waals surface area contributed by atoms with Crippen molar-refractivity contribution in [3.05, 3.63) is 29.8 Å².